The summed E-state index contributed by atoms with van der Waals surface area (Å²) in [4.78, 5) is 30.1. The summed E-state index contributed by atoms with van der Waals surface area (Å²) in [5.74, 6) is -6.82. The summed E-state index contributed by atoms with van der Waals surface area (Å²) in [7, 11) is 0. The van der Waals surface area contributed by atoms with Gasteiger partial charge in [0.25, 0.3) is 0 Å². The summed E-state index contributed by atoms with van der Waals surface area (Å²) in [5.41, 5.74) is -4.16. The number of likely N-dealkylation sites (tertiary alicyclic amines) is 1. The average molecular weight is 656 g/mol. The first-order chi connectivity index (χ1) is 20.3. The van der Waals surface area contributed by atoms with Crippen LogP contribution in [0.15, 0.2) is 18.2 Å². The number of morpholine rings is 1. The highest BCUT2D eigenvalue weighted by Crippen LogP contribution is 2.55. The summed E-state index contributed by atoms with van der Waals surface area (Å²) < 4.78 is 109. The lowest BCUT2D eigenvalue weighted by molar-refractivity contribution is -0.284. The maximum atomic E-state index is 13.6. The number of hydrogen-bond acceptors (Lipinski definition) is 6. The summed E-state index contributed by atoms with van der Waals surface area (Å²) in [5, 5.41) is 9.09. The monoisotopic (exact) mass is 655 g/mol. The van der Waals surface area contributed by atoms with Gasteiger partial charge in [-0.3, -0.25) is 14.5 Å². The van der Waals surface area contributed by atoms with Gasteiger partial charge in [-0.2, -0.15) is 52.1 Å². The van der Waals surface area contributed by atoms with E-state index in [0.29, 0.717) is 31.5 Å². The number of anilines is 1. The first-order valence-corrected chi connectivity index (χ1v) is 15.4. The van der Waals surface area contributed by atoms with Crippen molar-refractivity contribution in [2.45, 2.75) is 81.8 Å². The molecule has 0 spiro atoms. The minimum atomic E-state index is -5.52. The number of fused-ring (bicyclic) bond motifs is 5. The van der Waals surface area contributed by atoms with Crippen molar-refractivity contribution in [1.82, 2.24) is 4.90 Å². The molecule has 3 heterocycles. The molecule has 4 atom stereocenters. The van der Waals surface area contributed by atoms with Gasteiger partial charge in [0.1, 0.15) is 0 Å². The molecule has 0 radical (unpaired) electrons. The molecule has 3 fully saturated rings. The lowest BCUT2D eigenvalue weighted by Crippen LogP contribution is -2.58. The Morgan fingerprint density at radius 3 is 2.02 bits per heavy atom. The predicted octanol–water partition coefficient (Wildman–Crippen LogP) is 6.82. The van der Waals surface area contributed by atoms with E-state index in [0.717, 1.165) is 36.6 Å². The van der Waals surface area contributed by atoms with Crippen molar-refractivity contribution in [2.75, 3.05) is 36.0 Å². The lowest BCUT2D eigenvalue weighted by Gasteiger charge is -2.45. The minimum Gasteiger partial charge on any atom is -0.365 e. The zero-order valence-corrected chi connectivity index (χ0v) is 25.0. The van der Waals surface area contributed by atoms with Gasteiger partial charge in [-0.15, -0.1) is 0 Å². The number of carbonyl (C=O) groups is 2. The van der Waals surface area contributed by atoms with E-state index in [9.17, 15) is 44.7 Å². The number of imide groups is 1. The van der Waals surface area contributed by atoms with Crippen molar-refractivity contribution in [3.8, 4) is 6.07 Å². The number of rotatable bonds is 12. The molecule has 0 aromatic heterocycles. The highest BCUT2D eigenvalue weighted by atomic mass is 32.2. The van der Waals surface area contributed by atoms with Gasteiger partial charge in [-0.05, 0) is 69.4 Å². The molecule has 3 saturated heterocycles. The van der Waals surface area contributed by atoms with E-state index in [2.05, 4.69) is 4.90 Å². The molecular formula is C29H33F8N3O3S. The number of ether oxygens (including phenoxy) is 1. The molecule has 0 aliphatic carbocycles. The summed E-state index contributed by atoms with van der Waals surface area (Å²) in [6.07, 6.45) is -8.54. The van der Waals surface area contributed by atoms with Crippen LogP contribution in [0.2, 0.25) is 0 Å². The first-order valence-electron chi connectivity index (χ1n) is 14.3. The number of alkyl halides is 8. The fourth-order valence-corrected chi connectivity index (χ4v) is 7.67. The van der Waals surface area contributed by atoms with Crippen molar-refractivity contribution in [2.24, 2.45) is 11.8 Å². The van der Waals surface area contributed by atoms with Gasteiger partial charge in [0, 0.05) is 19.5 Å². The molecule has 4 rings (SSSR count). The Morgan fingerprint density at radius 2 is 1.48 bits per heavy atom. The van der Waals surface area contributed by atoms with Crippen LogP contribution >= 0.6 is 11.8 Å². The molecule has 0 N–H and O–H groups in total. The van der Waals surface area contributed by atoms with E-state index in [1.54, 1.807) is 13.8 Å². The topological polar surface area (TPSA) is 73.6 Å². The summed E-state index contributed by atoms with van der Waals surface area (Å²) >= 11 is 1.35. The second-order valence-electron chi connectivity index (χ2n) is 12.1. The predicted molar refractivity (Wildman–Crippen MR) is 146 cm³/mol. The molecular weight excluding hydrogens is 622 g/mol. The molecule has 6 nitrogen and oxygen atoms in total. The molecule has 1 aromatic rings. The normalized spacial score (nSPS) is 27.6. The Hall–Kier alpha value is -2.44. The number of nitrogens with zero attached hydrogens (tertiary/aromatic N) is 3. The Bertz CT molecular complexity index is 1260. The zero-order chi connectivity index (χ0) is 32.7. The van der Waals surface area contributed by atoms with Crippen LogP contribution in [0.25, 0.3) is 0 Å². The van der Waals surface area contributed by atoms with Crippen LogP contribution < -0.4 is 4.90 Å². The van der Waals surface area contributed by atoms with Gasteiger partial charge in [-0.25, -0.2) is 4.90 Å². The number of carbonyl (C=O) groups excluding carboxylic acids is 2. The fraction of sp³-hybridized carbons (Fsp3) is 0.690. The van der Waals surface area contributed by atoms with Gasteiger partial charge in [-0.1, -0.05) is 12.8 Å². The fourth-order valence-electron chi connectivity index (χ4n) is 6.71. The molecule has 1 aromatic carbocycles. The van der Waals surface area contributed by atoms with Gasteiger partial charge in [0.15, 0.2) is 0 Å². The van der Waals surface area contributed by atoms with Crippen LogP contribution in [0.4, 0.5) is 40.8 Å². The van der Waals surface area contributed by atoms with E-state index in [1.165, 1.54) is 23.9 Å². The second-order valence-corrected chi connectivity index (χ2v) is 13.3. The van der Waals surface area contributed by atoms with Crippen LogP contribution in [0.3, 0.4) is 0 Å². The number of halogens is 8. The maximum absolute atomic E-state index is 13.6. The standard InChI is InChI=1S/C29H33F8N3O3S/c1-25-16-39(11-5-3-4-6-12-44-13-7-10-27(30,31)29(35,36)37)17-26(2,43-25)22-21(25)23(41)40(24(22)42)19-9-8-18(15-38)20(14-19)28(32,33)34/h8-9,14,21-22H,3-7,10-13,16-17H2,1-2H3. The highest BCUT2D eigenvalue weighted by Gasteiger charge is 2.71. The molecule has 4 unspecified atom stereocenters. The van der Waals surface area contributed by atoms with E-state index < -0.39 is 70.7 Å². The quantitative estimate of drug-likeness (QED) is 0.140. The van der Waals surface area contributed by atoms with Crippen molar-refractivity contribution in [3.63, 3.8) is 0 Å². The van der Waals surface area contributed by atoms with Crippen molar-refractivity contribution >= 4 is 29.3 Å². The molecule has 0 saturated carbocycles. The Morgan fingerprint density at radius 1 is 0.909 bits per heavy atom. The largest absolute Gasteiger partial charge is 0.453 e. The molecule has 15 heteroatoms. The number of thioether (sulfide) groups is 1. The van der Waals surface area contributed by atoms with E-state index in [4.69, 9.17) is 10.00 Å². The van der Waals surface area contributed by atoms with Crippen LogP contribution in [0, 0.1) is 23.2 Å². The number of benzene rings is 1. The lowest BCUT2D eigenvalue weighted by atomic mass is 9.79. The van der Waals surface area contributed by atoms with Crippen LogP contribution in [0.5, 0.6) is 0 Å². The number of hydrogen-bond donors (Lipinski definition) is 0. The smallest absolute Gasteiger partial charge is 0.365 e. The van der Waals surface area contributed by atoms with Crippen LogP contribution in [-0.2, 0) is 20.5 Å². The number of unbranched alkanes of at least 4 members (excludes halogenated alkanes) is 3. The number of nitriles is 1. The van der Waals surface area contributed by atoms with E-state index >= 15 is 0 Å². The zero-order valence-electron chi connectivity index (χ0n) is 24.2. The SMILES string of the molecule is CC12CN(CCCCCCSCCCC(F)(F)C(F)(F)F)CC(C)(O1)C1C(=O)N(c3ccc(C#N)c(C(F)(F)F)c3)C(=O)C12. The molecule has 2 bridgehead atoms. The average Bonchev–Trinajstić information content (AvgIpc) is 3.28. The Balaban J connectivity index is 1.27. The summed E-state index contributed by atoms with van der Waals surface area (Å²) in [6.45, 7) is 4.81. The third kappa shape index (κ3) is 6.72. The van der Waals surface area contributed by atoms with Gasteiger partial charge in [0.2, 0.25) is 11.8 Å². The van der Waals surface area contributed by atoms with Gasteiger partial charge < -0.3 is 4.74 Å². The van der Waals surface area contributed by atoms with Crippen LogP contribution in [-0.4, -0.2) is 71.2 Å². The molecule has 3 aliphatic heterocycles. The van der Waals surface area contributed by atoms with Gasteiger partial charge in [0.05, 0.1) is 45.9 Å². The summed E-state index contributed by atoms with van der Waals surface area (Å²) in [6, 6.07) is 4.27. The molecule has 244 valence electrons. The first kappa shape index (κ1) is 34.4. The third-order valence-corrected chi connectivity index (χ3v) is 9.71. The Labute approximate surface area is 254 Å². The van der Waals surface area contributed by atoms with Crippen molar-refractivity contribution in [3.05, 3.63) is 29.3 Å². The molecule has 44 heavy (non-hydrogen) atoms. The minimum absolute atomic E-state index is 0.224. The molecule has 3 aliphatic rings. The van der Waals surface area contributed by atoms with Crippen molar-refractivity contribution in [1.29, 1.82) is 5.26 Å². The third-order valence-electron chi connectivity index (χ3n) is 8.56. The highest BCUT2D eigenvalue weighted by molar-refractivity contribution is 7.99. The van der Waals surface area contributed by atoms with E-state index in [-0.39, 0.29) is 17.9 Å². The van der Waals surface area contributed by atoms with Crippen LogP contribution in [0.1, 0.15) is 63.5 Å². The molecule has 2 amide bonds. The second kappa shape index (κ2) is 12.4. The maximum Gasteiger partial charge on any atom is 0.453 e. The Kier molecular flexibility index (Phi) is 9.70. The van der Waals surface area contributed by atoms with Gasteiger partial charge >= 0.3 is 18.3 Å². The van der Waals surface area contributed by atoms with Crippen molar-refractivity contribution < 1.29 is 49.4 Å². The van der Waals surface area contributed by atoms with E-state index in [1.807, 2.05) is 0 Å². The number of amides is 2.